The third kappa shape index (κ3) is 4.30. The van der Waals surface area contributed by atoms with Crippen LogP contribution < -0.4 is 5.73 Å². The molecule has 0 saturated heterocycles. The number of aryl methyl sites for hydroxylation is 1. The van der Waals surface area contributed by atoms with E-state index in [-0.39, 0.29) is 6.10 Å². The highest BCUT2D eigenvalue weighted by Crippen LogP contribution is 2.21. The fourth-order valence-electron chi connectivity index (χ4n) is 1.82. The maximum Gasteiger partial charge on any atom is 0.159 e. The van der Waals surface area contributed by atoms with E-state index in [2.05, 4.69) is 23.8 Å². The first-order valence-corrected chi connectivity index (χ1v) is 6.46. The number of hydrogen-bond acceptors (Lipinski definition) is 4. The Morgan fingerprint density at radius 3 is 2.59 bits per heavy atom. The van der Waals surface area contributed by atoms with Gasteiger partial charge in [-0.2, -0.15) is 0 Å². The number of hydrogen-bond donors (Lipinski definition) is 1. The molecule has 0 fully saturated rings. The van der Waals surface area contributed by atoms with E-state index in [0.717, 1.165) is 37.2 Å². The molecular formula is C13H23N3O. The van der Waals surface area contributed by atoms with Crippen molar-refractivity contribution < 1.29 is 4.74 Å². The molecule has 0 aromatic carbocycles. The fraction of sp³-hybridized carbons (Fsp3) is 0.692. The van der Waals surface area contributed by atoms with E-state index < -0.39 is 0 Å². The van der Waals surface area contributed by atoms with Crippen LogP contribution in [-0.4, -0.2) is 16.6 Å². The van der Waals surface area contributed by atoms with Crippen LogP contribution >= 0.6 is 0 Å². The molecule has 1 aromatic heterocycles. The third-order valence-electron chi connectivity index (χ3n) is 2.53. The number of nitrogen functional groups attached to an aromatic ring is 1. The van der Waals surface area contributed by atoms with E-state index in [4.69, 9.17) is 10.5 Å². The lowest BCUT2D eigenvalue weighted by Gasteiger charge is -2.16. The summed E-state index contributed by atoms with van der Waals surface area (Å²) in [6, 6.07) is 1.85. The Balaban J connectivity index is 2.92. The molecule has 0 spiro atoms. The minimum atomic E-state index is -0.0240. The van der Waals surface area contributed by atoms with Gasteiger partial charge in [0, 0.05) is 18.4 Å². The first kappa shape index (κ1) is 13.9. The first-order valence-electron chi connectivity index (χ1n) is 6.46. The van der Waals surface area contributed by atoms with Gasteiger partial charge in [-0.3, -0.25) is 0 Å². The predicted octanol–water partition coefficient (Wildman–Crippen LogP) is 2.89. The molecule has 0 amide bonds. The highest BCUT2D eigenvalue weighted by atomic mass is 16.5. The lowest BCUT2D eigenvalue weighted by Crippen LogP contribution is -2.11. The average molecular weight is 237 g/mol. The Kier molecular flexibility index (Phi) is 5.91. The number of anilines is 1. The molecule has 17 heavy (non-hydrogen) atoms. The van der Waals surface area contributed by atoms with Crippen LogP contribution in [0.15, 0.2) is 6.07 Å². The van der Waals surface area contributed by atoms with Crippen LogP contribution in [0, 0.1) is 0 Å². The van der Waals surface area contributed by atoms with E-state index in [0.29, 0.717) is 12.4 Å². The van der Waals surface area contributed by atoms with E-state index in [1.807, 2.05) is 13.0 Å². The van der Waals surface area contributed by atoms with Crippen molar-refractivity contribution in [1.29, 1.82) is 0 Å². The van der Waals surface area contributed by atoms with Crippen LogP contribution in [0.25, 0.3) is 0 Å². The van der Waals surface area contributed by atoms with Crippen molar-refractivity contribution >= 4 is 5.82 Å². The van der Waals surface area contributed by atoms with Crippen molar-refractivity contribution in [1.82, 2.24) is 9.97 Å². The zero-order valence-corrected chi connectivity index (χ0v) is 11.1. The fourth-order valence-corrected chi connectivity index (χ4v) is 1.82. The molecule has 0 saturated carbocycles. The molecule has 0 bridgehead atoms. The maximum atomic E-state index is 5.81. The molecule has 1 atom stereocenters. The minimum absolute atomic E-state index is 0.0240. The summed E-state index contributed by atoms with van der Waals surface area (Å²) in [7, 11) is 0. The summed E-state index contributed by atoms with van der Waals surface area (Å²) in [6.45, 7) is 6.92. The summed E-state index contributed by atoms with van der Waals surface area (Å²) in [6.07, 6.45) is 3.95. The molecule has 0 aliphatic heterocycles. The summed E-state index contributed by atoms with van der Waals surface area (Å²) in [5, 5.41) is 0. The highest BCUT2D eigenvalue weighted by molar-refractivity contribution is 5.30. The van der Waals surface area contributed by atoms with Gasteiger partial charge in [0.15, 0.2) is 5.82 Å². The smallest absolute Gasteiger partial charge is 0.159 e. The Morgan fingerprint density at radius 2 is 2.00 bits per heavy atom. The molecule has 1 aromatic rings. The van der Waals surface area contributed by atoms with Crippen LogP contribution in [0.5, 0.6) is 0 Å². The quantitative estimate of drug-likeness (QED) is 0.792. The zero-order valence-electron chi connectivity index (χ0n) is 11.1. The molecule has 0 aliphatic rings. The summed E-state index contributed by atoms with van der Waals surface area (Å²) in [4.78, 5) is 8.84. The number of nitrogens with two attached hydrogens (primary N) is 1. The van der Waals surface area contributed by atoms with E-state index >= 15 is 0 Å². The van der Waals surface area contributed by atoms with Gasteiger partial charge in [-0.15, -0.1) is 0 Å². The molecule has 1 rings (SSSR count). The summed E-state index contributed by atoms with van der Waals surface area (Å²) < 4.78 is 5.68. The van der Waals surface area contributed by atoms with Crippen LogP contribution in [0.3, 0.4) is 0 Å². The highest BCUT2D eigenvalue weighted by Gasteiger charge is 2.15. The molecular weight excluding hydrogens is 214 g/mol. The van der Waals surface area contributed by atoms with Crippen molar-refractivity contribution in [3.8, 4) is 0 Å². The summed E-state index contributed by atoms with van der Waals surface area (Å²) in [5.41, 5.74) is 6.82. The van der Waals surface area contributed by atoms with Crippen molar-refractivity contribution in [3.63, 3.8) is 0 Å². The van der Waals surface area contributed by atoms with Crippen LogP contribution in [-0.2, 0) is 11.2 Å². The largest absolute Gasteiger partial charge is 0.384 e. The number of rotatable bonds is 7. The second kappa shape index (κ2) is 7.22. The number of aromatic nitrogens is 2. The van der Waals surface area contributed by atoms with Gasteiger partial charge in [0.1, 0.15) is 11.9 Å². The van der Waals surface area contributed by atoms with Crippen LogP contribution in [0.4, 0.5) is 5.82 Å². The first-order chi connectivity index (χ1) is 8.21. The van der Waals surface area contributed by atoms with Crippen molar-refractivity contribution in [2.45, 2.75) is 52.6 Å². The minimum Gasteiger partial charge on any atom is -0.384 e. The zero-order chi connectivity index (χ0) is 12.7. The van der Waals surface area contributed by atoms with Crippen LogP contribution in [0.1, 0.15) is 57.7 Å². The third-order valence-corrected chi connectivity index (χ3v) is 2.53. The van der Waals surface area contributed by atoms with Gasteiger partial charge in [0.05, 0.1) is 0 Å². The molecule has 1 heterocycles. The van der Waals surface area contributed by atoms with Gasteiger partial charge in [0.2, 0.25) is 0 Å². The van der Waals surface area contributed by atoms with E-state index in [9.17, 15) is 0 Å². The average Bonchev–Trinajstić information content (AvgIpc) is 2.28. The van der Waals surface area contributed by atoms with Gasteiger partial charge < -0.3 is 10.5 Å². The predicted molar refractivity (Wildman–Crippen MR) is 69.7 cm³/mol. The molecule has 4 nitrogen and oxygen atoms in total. The number of nitrogens with zero attached hydrogens (tertiary/aromatic N) is 2. The van der Waals surface area contributed by atoms with E-state index in [1.165, 1.54) is 0 Å². The second-order valence-corrected chi connectivity index (χ2v) is 4.13. The lowest BCUT2D eigenvalue weighted by molar-refractivity contribution is 0.0493. The lowest BCUT2D eigenvalue weighted by atomic mass is 10.2. The molecule has 1 unspecified atom stereocenters. The van der Waals surface area contributed by atoms with Crippen molar-refractivity contribution in [2.75, 3.05) is 12.3 Å². The molecule has 0 radical (unpaired) electrons. The Morgan fingerprint density at radius 1 is 1.24 bits per heavy atom. The molecule has 96 valence electrons. The second-order valence-electron chi connectivity index (χ2n) is 4.13. The molecule has 4 heteroatoms. The normalized spacial score (nSPS) is 12.6. The van der Waals surface area contributed by atoms with Gasteiger partial charge in [-0.05, 0) is 19.8 Å². The SMILES string of the molecule is CCCc1cc(N)nc(C(CCC)OCC)n1. The summed E-state index contributed by atoms with van der Waals surface area (Å²) >= 11 is 0. The van der Waals surface area contributed by atoms with E-state index in [1.54, 1.807) is 0 Å². The summed E-state index contributed by atoms with van der Waals surface area (Å²) in [5.74, 6) is 1.27. The number of ether oxygens (including phenoxy) is 1. The molecule has 0 aliphatic carbocycles. The van der Waals surface area contributed by atoms with Gasteiger partial charge in [-0.1, -0.05) is 26.7 Å². The van der Waals surface area contributed by atoms with Gasteiger partial charge >= 0.3 is 0 Å². The topological polar surface area (TPSA) is 61.0 Å². The monoisotopic (exact) mass is 237 g/mol. The van der Waals surface area contributed by atoms with Crippen molar-refractivity contribution in [2.24, 2.45) is 0 Å². The Labute approximate surface area is 104 Å². The molecule has 2 N–H and O–H groups in total. The maximum absolute atomic E-state index is 5.81. The standard InChI is InChI=1S/C13H23N3O/c1-4-7-10-9-12(14)16-13(15-10)11(8-5-2)17-6-3/h9,11H,4-8H2,1-3H3,(H2,14,15,16). The Hall–Kier alpha value is -1.16. The Bertz CT molecular complexity index is 335. The van der Waals surface area contributed by atoms with Gasteiger partial charge in [-0.25, -0.2) is 9.97 Å². The van der Waals surface area contributed by atoms with Crippen LogP contribution in [0.2, 0.25) is 0 Å². The van der Waals surface area contributed by atoms with Gasteiger partial charge in [0.25, 0.3) is 0 Å². The van der Waals surface area contributed by atoms with Crippen molar-refractivity contribution in [3.05, 3.63) is 17.6 Å².